The van der Waals surface area contributed by atoms with Crippen molar-refractivity contribution >= 4 is 33.2 Å². The molecule has 9 heteroatoms. The molecule has 0 aliphatic heterocycles. The Balaban J connectivity index is 1.71. The molecular formula is C17H15BrN6O2. The van der Waals surface area contributed by atoms with Gasteiger partial charge in [0.2, 0.25) is 5.82 Å². The van der Waals surface area contributed by atoms with Crippen molar-refractivity contribution in [3.8, 4) is 0 Å². The summed E-state index contributed by atoms with van der Waals surface area (Å²) in [4.78, 5) is 17.3. The zero-order valence-corrected chi connectivity index (χ0v) is 15.4. The highest BCUT2D eigenvalue weighted by Gasteiger charge is 2.15. The second kappa shape index (κ2) is 8.34. The topological polar surface area (TPSA) is 94.3 Å². The number of aryl methyl sites for hydroxylation is 1. The van der Waals surface area contributed by atoms with Crippen molar-refractivity contribution in [1.82, 2.24) is 20.2 Å². The van der Waals surface area contributed by atoms with Crippen LogP contribution < -0.4 is 5.32 Å². The van der Waals surface area contributed by atoms with Gasteiger partial charge in [-0.05, 0) is 28.6 Å². The highest BCUT2D eigenvalue weighted by atomic mass is 79.9. The first-order chi connectivity index (χ1) is 12.6. The average molecular weight is 415 g/mol. The molecule has 0 unspecified atom stereocenters. The monoisotopic (exact) mass is 414 g/mol. The fourth-order valence-electron chi connectivity index (χ4n) is 2.17. The zero-order chi connectivity index (χ0) is 18.4. The first kappa shape index (κ1) is 17.7. The molecule has 2 aromatic carbocycles. The highest BCUT2D eigenvalue weighted by Crippen LogP contribution is 2.15. The maximum absolute atomic E-state index is 12.0. The molecular weight excluding hydrogens is 400 g/mol. The lowest BCUT2D eigenvalue weighted by Crippen LogP contribution is -2.18. The summed E-state index contributed by atoms with van der Waals surface area (Å²) in [7, 11) is 1.70. The van der Waals surface area contributed by atoms with Crippen LogP contribution in [0.3, 0.4) is 0 Å². The molecule has 3 aromatic rings. The largest absolute Gasteiger partial charge is 0.385 e. The number of hydrogen-bond acceptors (Lipinski definition) is 6. The third-order valence-corrected chi connectivity index (χ3v) is 3.83. The summed E-state index contributed by atoms with van der Waals surface area (Å²) in [5.41, 5.74) is 1.88. The molecule has 0 atom stereocenters. The molecule has 0 saturated heterocycles. The van der Waals surface area contributed by atoms with Crippen LogP contribution in [0.25, 0.3) is 0 Å². The van der Waals surface area contributed by atoms with Gasteiger partial charge >= 0.3 is 0 Å². The van der Waals surface area contributed by atoms with Gasteiger partial charge in [0.05, 0.1) is 0 Å². The number of nitrogens with zero attached hydrogens (tertiary/aromatic N) is 5. The maximum atomic E-state index is 12.0. The van der Waals surface area contributed by atoms with E-state index in [4.69, 9.17) is 4.84 Å². The molecule has 132 valence electrons. The summed E-state index contributed by atoms with van der Waals surface area (Å²) in [6.45, 7) is -0.242. The molecule has 0 bridgehead atoms. The van der Waals surface area contributed by atoms with Gasteiger partial charge < -0.3 is 10.2 Å². The number of carbonyl (C=O) groups is 1. The zero-order valence-electron chi connectivity index (χ0n) is 13.8. The molecule has 1 heterocycles. The van der Waals surface area contributed by atoms with Crippen molar-refractivity contribution in [2.24, 2.45) is 12.2 Å². The van der Waals surface area contributed by atoms with Crippen LogP contribution in [0.4, 0.5) is 5.69 Å². The van der Waals surface area contributed by atoms with Crippen LogP contribution in [0.5, 0.6) is 0 Å². The normalized spacial score (nSPS) is 11.2. The summed E-state index contributed by atoms with van der Waals surface area (Å²) >= 11 is 3.35. The molecule has 0 spiro atoms. The Morgan fingerprint density at radius 3 is 2.73 bits per heavy atom. The predicted octanol–water partition coefficient (Wildman–Crippen LogP) is 2.38. The second-order valence-electron chi connectivity index (χ2n) is 5.26. The minimum absolute atomic E-state index is 0.242. The van der Waals surface area contributed by atoms with Gasteiger partial charge in [0.25, 0.3) is 5.91 Å². The lowest BCUT2D eigenvalue weighted by Gasteiger charge is -2.07. The highest BCUT2D eigenvalue weighted by molar-refractivity contribution is 9.10. The minimum atomic E-state index is -0.324. The van der Waals surface area contributed by atoms with Gasteiger partial charge in [0.1, 0.15) is 0 Å². The van der Waals surface area contributed by atoms with E-state index in [1.54, 1.807) is 19.2 Å². The van der Waals surface area contributed by atoms with Crippen molar-refractivity contribution in [2.75, 3.05) is 11.9 Å². The van der Waals surface area contributed by atoms with Crippen molar-refractivity contribution in [3.63, 3.8) is 0 Å². The van der Waals surface area contributed by atoms with E-state index in [0.29, 0.717) is 17.2 Å². The molecule has 1 N–H and O–H groups in total. The van der Waals surface area contributed by atoms with Gasteiger partial charge in [-0.3, -0.25) is 4.79 Å². The van der Waals surface area contributed by atoms with E-state index in [2.05, 4.69) is 41.9 Å². The second-order valence-corrected chi connectivity index (χ2v) is 6.18. The number of benzene rings is 2. The van der Waals surface area contributed by atoms with E-state index < -0.39 is 0 Å². The third kappa shape index (κ3) is 4.51. The van der Waals surface area contributed by atoms with Crippen LogP contribution in [0, 0.1) is 0 Å². The molecule has 3 rings (SSSR count). The number of tetrazole rings is 1. The summed E-state index contributed by atoms with van der Waals surface area (Å²) in [6.07, 6.45) is 0. The first-order valence-corrected chi connectivity index (χ1v) is 8.46. The van der Waals surface area contributed by atoms with Crippen molar-refractivity contribution in [2.45, 2.75) is 0 Å². The molecule has 1 amide bonds. The fraction of sp³-hybridized carbons (Fsp3) is 0.118. The van der Waals surface area contributed by atoms with Crippen molar-refractivity contribution in [3.05, 3.63) is 70.5 Å². The van der Waals surface area contributed by atoms with Crippen LogP contribution in [0.15, 0.2) is 64.2 Å². The number of carbonyl (C=O) groups excluding carboxylic acids is 1. The lowest BCUT2D eigenvalue weighted by molar-refractivity contribution is -0.120. The van der Waals surface area contributed by atoms with E-state index in [9.17, 15) is 4.79 Å². The van der Waals surface area contributed by atoms with Crippen LogP contribution in [-0.2, 0) is 16.7 Å². The SMILES string of the molecule is Cn1nnnc1/C(=N\OCC(=O)Nc1cccc(Br)c1)c1ccccc1. The van der Waals surface area contributed by atoms with Crippen LogP contribution in [0.1, 0.15) is 11.4 Å². The summed E-state index contributed by atoms with van der Waals surface area (Å²) in [6, 6.07) is 16.6. The van der Waals surface area contributed by atoms with Crippen LogP contribution in [-0.4, -0.2) is 38.4 Å². The van der Waals surface area contributed by atoms with E-state index in [-0.39, 0.29) is 12.5 Å². The predicted molar refractivity (Wildman–Crippen MR) is 99.6 cm³/mol. The smallest absolute Gasteiger partial charge is 0.265 e. The molecule has 0 aliphatic carbocycles. The van der Waals surface area contributed by atoms with E-state index >= 15 is 0 Å². The molecule has 26 heavy (non-hydrogen) atoms. The maximum Gasteiger partial charge on any atom is 0.265 e. The number of hydrogen-bond donors (Lipinski definition) is 1. The van der Waals surface area contributed by atoms with E-state index in [1.165, 1.54) is 4.68 Å². The van der Waals surface area contributed by atoms with Crippen LogP contribution >= 0.6 is 15.9 Å². The number of anilines is 1. The lowest BCUT2D eigenvalue weighted by atomic mass is 10.1. The quantitative estimate of drug-likeness (QED) is 0.493. The van der Waals surface area contributed by atoms with Crippen LogP contribution in [0.2, 0.25) is 0 Å². The Labute approximate surface area is 158 Å². The summed E-state index contributed by atoms with van der Waals surface area (Å²) in [5.74, 6) is 0.110. The number of halogens is 1. The van der Waals surface area contributed by atoms with Gasteiger partial charge in [0, 0.05) is 22.8 Å². The minimum Gasteiger partial charge on any atom is -0.385 e. The number of nitrogens with one attached hydrogen (secondary N) is 1. The number of aromatic nitrogens is 4. The Morgan fingerprint density at radius 2 is 2.04 bits per heavy atom. The number of oxime groups is 1. The Kier molecular flexibility index (Phi) is 5.69. The first-order valence-electron chi connectivity index (χ1n) is 7.67. The van der Waals surface area contributed by atoms with Crippen molar-refractivity contribution < 1.29 is 9.63 Å². The van der Waals surface area contributed by atoms with E-state index in [0.717, 1.165) is 10.0 Å². The number of rotatable bonds is 6. The van der Waals surface area contributed by atoms with Crippen molar-refractivity contribution in [1.29, 1.82) is 0 Å². The molecule has 0 aliphatic rings. The molecule has 0 saturated carbocycles. The Morgan fingerprint density at radius 1 is 1.23 bits per heavy atom. The summed E-state index contributed by atoms with van der Waals surface area (Å²) < 4.78 is 2.35. The van der Waals surface area contributed by atoms with Gasteiger partial charge in [0.15, 0.2) is 12.3 Å². The summed E-state index contributed by atoms with van der Waals surface area (Å²) in [5, 5.41) is 18.2. The molecule has 0 radical (unpaired) electrons. The molecule has 1 aromatic heterocycles. The van der Waals surface area contributed by atoms with E-state index in [1.807, 2.05) is 42.5 Å². The van der Waals surface area contributed by atoms with Gasteiger partial charge in [-0.1, -0.05) is 57.5 Å². The molecule has 8 nitrogen and oxygen atoms in total. The molecule has 0 fully saturated rings. The Bertz CT molecular complexity index is 926. The number of amides is 1. The standard InChI is InChI=1S/C17H15BrN6O2/c1-24-17(20-22-23-24)16(12-6-3-2-4-7-12)21-26-11-15(25)19-14-9-5-8-13(18)10-14/h2-10H,11H2,1H3,(H,19,25)/b21-16-. The fourth-order valence-corrected chi connectivity index (χ4v) is 2.57. The van der Waals surface area contributed by atoms with Gasteiger partial charge in [-0.15, -0.1) is 5.10 Å². The van der Waals surface area contributed by atoms with Gasteiger partial charge in [-0.2, -0.15) is 0 Å². The Hall–Kier alpha value is -3.07. The average Bonchev–Trinajstić information content (AvgIpc) is 3.05. The third-order valence-electron chi connectivity index (χ3n) is 3.34. The van der Waals surface area contributed by atoms with Gasteiger partial charge in [-0.25, -0.2) is 4.68 Å².